The summed E-state index contributed by atoms with van der Waals surface area (Å²) in [5.41, 5.74) is 9.12. The lowest BCUT2D eigenvalue weighted by molar-refractivity contribution is -0.116. The van der Waals surface area contributed by atoms with Crippen LogP contribution in [0, 0.1) is 5.82 Å². The quantitative estimate of drug-likeness (QED) is 0.722. The standard InChI is InChI=1S/C15H13BrFN3O/c16-9-2-3-10(17)13(6-9)19-14-5-8-1-4-15(21)20-12(8)7-11(14)18/h2-3,5-7,19H,1,4,18H2,(H,20,21). The Morgan fingerprint density at radius 3 is 2.81 bits per heavy atom. The van der Waals surface area contributed by atoms with Gasteiger partial charge in [0.2, 0.25) is 5.91 Å². The van der Waals surface area contributed by atoms with E-state index in [2.05, 4.69) is 26.6 Å². The first-order valence-electron chi connectivity index (χ1n) is 6.47. The van der Waals surface area contributed by atoms with Crippen molar-refractivity contribution in [2.75, 3.05) is 16.4 Å². The molecule has 1 heterocycles. The first-order chi connectivity index (χ1) is 10.0. The van der Waals surface area contributed by atoms with Gasteiger partial charge in [-0.2, -0.15) is 0 Å². The fourth-order valence-corrected chi connectivity index (χ4v) is 2.65. The zero-order valence-electron chi connectivity index (χ0n) is 11.0. The van der Waals surface area contributed by atoms with Crippen LogP contribution in [-0.4, -0.2) is 5.91 Å². The van der Waals surface area contributed by atoms with Gasteiger partial charge in [-0.15, -0.1) is 0 Å². The zero-order chi connectivity index (χ0) is 15.0. The van der Waals surface area contributed by atoms with Crippen LogP contribution in [0.4, 0.5) is 27.1 Å². The van der Waals surface area contributed by atoms with Gasteiger partial charge in [0.25, 0.3) is 0 Å². The van der Waals surface area contributed by atoms with Crippen molar-refractivity contribution in [1.82, 2.24) is 0 Å². The maximum Gasteiger partial charge on any atom is 0.224 e. The monoisotopic (exact) mass is 349 g/mol. The Bertz CT molecular complexity index is 733. The molecule has 0 saturated heterocycles. The molecule has 0 fully saturated rings. The normalized spacial score (nSPS) is 13.5. The summed E-state index contributed by atoms with van der Waals surface area (Å²) in [6, 6.07) is 8.21. The Morgan fingerprint density at radius 2 is 2.00 bits per heavy atom. The first-order valence-corrected chi connectivity index (χ1v) is 7.26. The number of fused-ring (bicyclic) bond motifs is 1. The number of aryl methyl sites for hydroxylation is 1. The summed E-state index contributed by atoms with van der Waals surface area (Å²) >= 11 is 3.31. The van der Waals surface area contributed by atoms with E-state index in [1.807, 2.05) is 6.07 Å². The van der Waals surface area contributed by atoms with E-state index in [4.69, 9.17) is 5.73 Å². The van der Waals surface area contributed by atoms with Crippen LogP contribution in [0.1, 0.15) is 12.0 Å². The van der Waals surface area contributed by atoms with Gasteiger partial charge in [0.05, 0.1) is 17.1 Å². The number of nitrogens with one attached hydrogen (secondary N) is 2. The SMILES string of the molecule is Nc1cc2c(cc1Nc1cc(Br)ccc1F)CCC(=O)N2. The van der Waals surface area contributed by atoms with E-state index < -0.39 is 0 Å². The smallest absolute Gasteiger partial charge is 0.224 e. The molecule has 0 radical (unpaired) electrons. The summed E-state index contributed by atoms with van der Waals surface area (Å²) in [5, 5.41) is 5.78. The summed E-state index contributed by atoms with van der Waals surface area (Å²) in [6.45, 7) is 0. The van der Waals surface area contributed by atoms with Crippen LogP contribution in [0.5, 0.6) is 0 Å². The second kappa shape index (κ2) is 5.37. The Hall–Kier alpha value is -2.08. The highest BCUT2D eigenvalue weighted by Crippen LogP contribution is 2.33. The number of benzene rings is 2. The third kappa shape index (κ3) is 2.85. The van der Waals surface area contributed by atoms with E-state index in [1.54, 1.807) is 18.2 Å². The Kier molecular flexibility index (Phi) is 3.55. The van der Waals surface area contributed by atoms with Gasteiger partial charge in [0.1, 0.15) is 5.82 Å². The third-order valence-corrected chi connectivity index (χ3v) is 3.86. The first kappa shape index (κ1) is 13.9. The van der Waals surface area contributed by atoms with Gasteiger partial charge in [-0.25, -0.2) is 4.39 Å². The molecule has 3 rings (SSSR count). The minimum absolute atomic E-state index is 0.0133. The number of hydrogen-bond acceptors (Lipinski definition) is 3. The van der Waals surface area contributed by atoms with E-state index in [0.717, 1.165) is 15.7 Å². The van der Waals surface area contributed by atoms with E-state index >= 15 is 0 Å². The lowest BCUT2D eigenvalue weighted by atomic mass is 10.0. The van der Waals surface area contributed by atoms with Crippen molar-refractivity contribution < 1.29 is 9.18 Å². The number of amides is 1. The summed E-state index contributed by atoms with van der Waals surface area (Å²) in [5.74, 6) is -0.371. The van der Waals surface area contributed by atoms with Crippen molar-refractivity contribution in [1.29, 1.82) is 0 Å². The summed E-state index contributed by atoms with van der Waals surface area (Å²) in [6.07, 6.45) is 1.10. The fourth-order valence-electron chi connectivity index (χ4n) is 2.29. The molecule has 0 atom stereocenters. The van der Waals surface area contributed by atoms with Crippen molar-refractivity contribution in [3.05, 3.63) is 46.2 Å². The fraction of sp³-hybridized carbons (Fsp3) is 0.133. The van der Waals surface area contributed by atoms with Crippen LogP contribution in [0.3, 0.4) is 0 Å². The van der Waals surface area contributed by atoms with Crippen LogP contribution >= 0.6 is 15.9 Å². The van der Waals surface area contributed by atoms with Crippen LogP contribution < -0.4 is 16.4 Å². The highest BCUT2D eigenvalue weighted by Gasteiger charge is 2.17. The molecule has 1 aliphatic rings. The number of nitrogen functional groups attached to an aromatic ring is 1. The van der Waals surface area contributed by atoms with Crippen molar-refractivity contribution in [3.63, 3.8) is 0 Å². The molecule has 1 aliphatic heterocycles. The molecule has 4 nitrogen and oxygen atoms in total. The number of carbonyl (C=O) groups is 1. The summed E-state index contributed by atoms with van der Waals surface area (Å²) in [7, 11) is 0. The van der Waals surface area contributed by atoms with Gasteiger partial charge in [-0.1, -0.05) is 15.9 Å². The molecular weight excluding hydrogens is 337 g/mol. The van der Waals surface area contributed by atoms with Crippen LogP contribution in [-0.2, 0) is 11.2 Å². The summed E-state index contributed by atoms with van der Waals surface area (Å²) in [4.78, 5) is 11.4. The second-order valence-corrected chi connectivity index (χ2v) is 5.81. The van der Waals surface area contributed by atoms with Gasteiger partial charge in [0.15, 0.2) is 0 Å². The highest BCUT2D eigenvalue weighted by atomic mass is 79.9. The van der Waals surface area contributed by atoms with E-state index in [0.29, 0.717) is 29.9 Å². The van der Waals surface area contributed by atoms with Gasteiger partial charge in [-0.05, 0) is 42.3 Å². The number of rotatable bonds is 2. The van der Waals surface area contributed by atoms with Crippen LogP contribution in [0.15, 0.2) is 34.8 Å². The minimum Gasteiger partial charge on any atom is -0.397 e. The maximum absolute atomic E-state index is 13.8. The van der Waals surface area contributed by atoms with E-state index in [9.17, 15) is 9.18 Å². The largest absolute Gasteiger partial charge is 0.397 e. The van der Waals surface area contributed by atoms with Gasteiger partial charge < -0.3 is 16.4 Å². The zero-order valence-corrected chi connectivity index (χ0v) is 12.6. The number of nitrogens with two attached hydrogens (primary N) is 1. The Labute approximate surface area is 129 Å². The van der Waals surface area contributed by atoms with Crippen LogP contribution in [0.25, 0.3) is 0 Å². The van der Waals surface area contributed by atoms with Gasteiger partial charge in [-0.3, -0.25) is 4.79 Å². The molecule has 0 saturated carbocycles. The number of anilines is 4. The van der Waals surface area contributed by atoms with Gasteiger partial charge in [0, 0.05) is 16.6 Å². The number of hydrogen-bond donors (Lipinski definition) is 3. The predicted molar refractivity (Wildman–Crippen MR) is 85.2 cm³/mol. The molecule has 0 aliphatic carbocycles. The molecule has 2 aromatic rings. The predicted octanol–water partition coefficient (Wildman–Crippen LogP) is 3.80. The number of halogens is 2. The minimum atomic E-state index is -0.358. The molecule has 1 amide bonds. The average molecular weight is 350 g/mol. The van der Waals surface area contributed by atoms with Crippen molar-refractivity contribution in [2.24, 2.45) is 0 Å². The van der Waals surface area contributed by atoms with E-state index in [1.165, 1.54) is 6.07 Å². The molecule has 0 unspecified atom stereocenters. The Morgan fingerprint density at radius 1 is 1.19 bits per heavy atom. The second-order valence-electron chi connectivity index (χ2n) is 4.89. The molecule has 2 aromatic carbocycles. The molecular formula is C15H13BrFN3O. The topological polar surface area (TPSA) is 67.1 Å². The molecule has 6 heteroatoms. The average Bonchev–Trinajstić information content (AvgIpc) is 2.44. The third-order valence-electron chi connectivity index (χ3n) is 3.37. The highest BCUT2D eigenvalue weighted by molar-refractivity contribution is 9.10. The molecule has 0 aromatic heterocycles. The maximum atomic E-state index is 13.8. The molecule has 4 N–H and O–H groups in total. The molecule has 21 heavy (non-hydrogen) atoms. The lowest BCUT2D eigenvalue weighted by Crippen LogP contribution is -2.19. The van der Waals surface area contributed by atoms with Crippen molar-refractivity contribution in [2.45, 2.75) is 12.8 Å². The van der Waals surface area contributed by atoms with Crippen molar-refractivity contribution >= 4 is 44.6 Å². The van der Waals surface area contributed by atoms with Gasteiger partial charge >= 0.3 is 0 Å². The molecule has 108 valence electrons. The molecule has 0 bridgehead atoms. The number of carbonyl (C=O) groups excluding carboxylic acids is 1. The van der Waals surface area contributed by atoms with Crippen LogP contribution in [0.2, 0.25) is 0 Å². The lowest BCUT2D eigenvalue weighted by Gasteiger charge is -2.20. The molecule has 0 spiro atoms. The van der Waals surface area contributed by atoms with Crippen molar-refractivity contribution in [3.8, 4) is 0 Å². The summed E-state index contributed by atoms with van der Waals surface area (Å²) < 4.78 is 14.6. The van der Waals surface area contributed by atoms with E-state index in [-0.39, 0.29) is 11.7 Å². The Balaban J connectivity index is 1.96.